The van der Waals surface area contributed by atoms with Gasteiger partial charge in [-0.05, 0) is 0 Å². The molecule has 4 rings (SSSR count). The molecule has 4 aromatic rings. The Morgan fingerprint density at radius 2 is 1.14 bits per heavy atom. The van der Waals surface area contributed by atoms with Crippen molar-refractivity contribution in [1.29, 1.82) is 0 Å². The van der Waals surface area contributed by atoms with Gasteiger partial charge < -0.3 is 0 Å². The number of hydrogen-bond acceptors (Lipinski definition) is 1. The number of aromatic nitrogens is 1. The van der Waals surface area contributed by atoms with Crippen LogP contribution in [-0.4, -0.2) is 4.98 Å². The van der Waals surface area contributed by atoms with Crippen molar-refractivity contribution >= 4 is 21.1 Å². The molecule has 0 N–H and O–H groups in total. The molecule has 29 heavy (non-hydrogen) atoms. The summed E-state index contributed by atoms with van der Waals surface area (Å²) < 4.78 is 16.6. The Bertz CT molecular complexity index is 1020. The molecule has 0 bridgehead atoms. The van der Waals surface area contributed by atoms with E-state index in [0.717, 1.165) is 5.56 Å². The van der Waals surface area contributed by atoms with Gasteiger partial charge in [0.25, 0.3) is 0 Å². The standard InChI is InChI=1S/C18H15P.C7H3FN.Au/c1-4-10-16(11-5-1)19(17-12-6-2-7-13-17)18-14-8-3-9-15-18;1-2-6-3-4-7(8)9-5-6;/h1-15H;3-5H;/q;;-1/p+1. The van der Waals surface area contributed by atoms with E-state index in [2.05, 4.69) is 106 Å². The van der Waals surface area contributed by atoms with Crippen LogP contribution in [0.3, 0.4) is 0 Å². The van der Waals surface area contributed by atoms with E-state index in [1.54, 1.807) is 6.07 Å². The van der Waals surface area contributed by atoms with E-state index in [9.17, 15) is 4.39 Å². The molecular formula is C25H19AuFNP. The summed E-state index contributed by atoms with van der Waals surface area (Å²) in [5.74, 6) is 2.75. The number of halogens is 1. The third kappa shape index (κ3) is 4.40. The van der Waals surface area contributed by atoms with E-state index in [1.165, 1.54) is 28.2 Å². The van der Waals surface area contributed by atoms with Crippen LogP contribution in [0.1, 0.15) is 5.56 Å². The van der Waals surface area contributed by atoms with Crippen LogP contribution in [0.15, 0.2) is 109 Å². The van der Waals surface area contributed by atoms with Crippen molar-refractivity contribution in [3.05, 3.63) is 121 Å². The Balaban J connectivity index is 1.87. The van der Waals surface area contributed by atoms with Crippen LogP contribution in [0.5, 0.6) is 0 Å². The number of rotatable bonds is 4. The summed E-state index contributed by atoms with van der Waals surface area (Å²) in [6.07, 6.45) is 1.50. The zero-order valence-corrected chi connectivity index (χ0v) is 18.7. The summed E-state index contributed by atoms with van der Waals surface area (Å²) in [5, 5.41) is 1.84. The summed E-state index contributed by atoms with van der Waals surface area (Å²) in [4.78, 5) is 3.72. The molecular weight excluding hydrogens is 561 g/mol. The van der Waals surface area contributed by atoms with Gasteiger partial charge in [0, 0.05) is 0 Å². The van der Waals surface area contributed by atoms with Gasteiger partial charge >= 0.3 is 181 Å². The van der Waals surface area contributed by atoms with E-state index in [-0.39, 0.29) is 0 Å². The van der Waals surface area contributed by atoms with Crippen LogP contribution in [0, 0.1) is 16.0 Å². The fourth-order valence-electron chi connectivity index (χ4n) is 3.16. The van der Waals surface area contributed by atoms with Crippen molar-refractivity contribution in [3.8, 4) is 10.1 Å². The van der Waals surface area contributed by atoms with Crippen molar-refractivity contribution in [1.82, 2.24) is 4.98 Å². The van der Waals surface area contributed by atoms with Crippen molar-refractivity contribution in [2.75, 3.05) is 0 Å². The molecule has 1 heterocycles. The molecule has 0 atom stereocenters. The summed E-state index contributed by atoms with van der Waals surface area (Å²) >= 11 is -0.394. The van der Waals surface area contributed by atoms with Gasteiger partial charge in [-0.1, -0.05) is 0 Å². The minimum absolute atomic E-state index is 0.394. The van der Waals surface area contributed by atoms with E-state index in [4.69, 9.17) is 0 Å². The number of pyridine rings is 1. The predicted octanol–water partition coefficient (Wildman–Crippen LogP) is 4.25. The Kier molecular flexibility index (Phi) is 6.35. The number of hydrogen-bond donors (Lipinski definition) is 0. The van der Waals surface area contributed by atoms with Gasteiger partial charge in [0.2, 0.25) is 0 Å². The zero-order valence-electron chi connectivity index (χ0n) is 15.5. The van der Waals surface area contributed by atoms with Crippen LogP contribution >= 0.6 is 5.15 Å². The van der Waals surface area contributed by atoms with Crippen LogP contribution in [0.2, 0.25) is 0 Å². The van der Waals surface area contributed by atoms with Crippen LogP contribution < -0.4 is 15.9 Å². The monoisotopic (exact) mass is 580 g/mol. The normalized spacial score (nSPS) is 11.5. The van der Waals surface area contributed by atoms with Crippen molar-refractivity contribution in [2.45, 2.75) is 0 Å². The second-order valence-electron chi connectivity index (χ2n) is 6.34. The third-order valence-electron chi connectivity index (χ3n) is 4.51. The second-order valence-corrected chi connectivity index (χ2v) is 16.5. The Hall–Kier alpha value is -2.53. The van der Waals surface area contributed by atoms with Gasteiger partial charge in [0.05, 0.1) is 0 Å². The molecule has 0 aliphatic heterocycles. The predicted molar refractivity (Wildman–Crippen MR) is 118 cm³/mol. The molecule has 147 valence electrons. The zero-order chi connectivity index (χ0) is 19.9. The maximum atomic E-state index is 13.1. The van der Waals surface area contributed by atoms with Gasteiger partial charge in [0.15, 0.2) is 0 Å². The van der Waals surface area contributed by atoms with Gasteiger partial charge in [-0.2, -0.15) is 0 Å². The van der Waals surface area contributed by atoms with E-state index < -0.39 is 30.3 Å². The molecule has 1 nitrogen and oxygen atoms in total. The van der Waals surface area contributed by atoms with Crippen molar-refractivity contribution in [2.24, 2.45) is 0 Å². The summed E-state index contributed by atoms with van der Waals surface area (Å²) in [7, 11) is 0. The molecule has 0 aliphatic carbocycles. The second kappa shape index (κ2) is 9.31. The van der Waals surface area contributed by atoms with E-state index >= 15 is 0 Å². The first kappa shape index (κ1) is 19.8. The fourth-order valence-corrected chi connectivity index (χ4v) is 14.5. The molecule has 0 fully saturated rings. The van der Waals surface area contributed by atoms with E-state index in [1.807, 2.05) is 0 Å². The molecule has 0 saturated carbocycles. The minimum atomic E-state index is -2.26. The Morgan fingerprint density at radius 1 is 0.655 bits per heavy atom. The Morgan fingerprint density at radius 3 is 1.55 bits per heavy atom. The van der Waals surface area contributed by atoms with Crippen LogP contribution in [0.25, 0.3) is 0 Å². The third-order valence-corrected chi connectivity index (χ3v) is 17.2. The van der Waals surface area contributed by atoms with Crippen LogP contribution in [-0.2, 0) is 19.2 Å². The Labute approximate surface area is 180 Å². The van der Waals surface area contributed by atoms with Gasteiger partial charge in [-0.25, -0.2) is 0 Å². The fraction of sp³-hybridized carbons (Fsp3) is 0. The van der Waals surface area contributed by atoms with Gasteiger partial charge in [-0.3, -0.25) is 0 Å². The average molecular weight is 580 g/mol. The molecule has 0 radical (unpaired) electrons. The molecule has 1 aromatic heterocycles. The first-order valence-corrected chi connectivity index (χ1v) is 15.3. The average Bonchev–Trinajstić information content (AvgIpc) is 2.80. The SMILES string of the molecule is Fc1ccc(C#[C][Au][PH](c2ccccc2)(c2ccccc2)c2ccccc2)cn1. The molecule has 4 heteroatoms. The molecule has 0 aliphatic rings. The van der Waals surface area contributed by atoms with Crippen molar-refractivity contribution in [3.63, 3.8) is 0 Å². The summed E-state index contributed by atoms with van der Waals surface area (Å²) in [6.45, 7) is 0. The van der Waals surface area contributed by atoms with Crippen molar-refractivity contribution < 1.29 is 23.6 Å². The van der Waals surface area contributed by atoms with Gasteiger partial charge in [-0.15, -0.1) is 0 Å². The molecule has 0 amide bonds. The van der Waals surface area contributed by atoms with E-state index in [0.29, 0.717) is 0 Å². The van der Waals surface area contributed by atoms with Gasteiger partial charge in [0.1, 0.15) is 0 Å². The first-order valence-electron chi connectivity index (χ1n) is 9.15. The summed E-state index contributed by atoms with van der Waals surface area (Å²) in [5.41, 5.74) is 0.750. The number of benzene rings is 3. The maximum absolute atomic E-state index is 13.1. The topological polar surface area (TPSA) is 12.9 Å². The molecule has 0 saturated heterocycles. The molecule has 0 spiro atoms. The molecule has 0 unspecified atom stereocenters. The molecule has 3 aromatic carbocycles. The summed E-state index contributed by atoms with van der Waals surface area (Å²) in [6, 6.07) is 35.3. The quantitative estimate of drug-likeness (QED) is 0.152. The van der Waals surface area contributed by atoms with Crippen LogP contribution in [0.4, 0.5) is 4.39 Å². The number of nitrogens with zero attached hydrogens (tertiary/aromatic N) is 1. The first-order chi connectivity index (χ1) is 14.3.